The number of benzene rings is 2. The summed E-state index contributed by atoms with van der Waals surface area (Å²) in [6.07, 6.45) is 3.19. The molecule has 0 saturated carbocycles. The Labute approximate surface area is 171 Å². The molecule has 0 unspecified atom stereocenters. The second-order valence-corrected chi connectivity index (χ2v) is 7.22. The predicted octanol–water partition coefficient (Wildman–Crippen LogP) is 5.54. The van der Waals surface area contributed by atoms with E-state index in [9.17, 15) is 0 Å². The van der Waals surface area contributed by atoms with Crippen LogP contribution in [0.4, 0.5) is 0 Å². The second-order valence-electron chi connectivity index (χ2n) is 5.99. The first kappa shape index (κ1) is 18.6. The number of rotatable bonds is 5. The fourth-order valence-electron chi connectivity index (χ4n) is 2.94. The van der Waals surface area contributed by atoms with E-state index in [2.05, 4.69) is 4.98 Å². The van der Waals surface area contributed by atoms with E-state index in [1.165, 1.54) is 0 Å². The van der Waals surface area contributed by atoms with Gasteiger partial charge in [0.25, 0.3) is 0 Å². The molecular formula is C19H15Cl3N2O3. The van der Waals surface area contributed by atoms with Gasteiger partial charge in [-0.15, -0.1) is 0 Å². The standard InChI is InChI=1S/C19H15Cl3N2O3/c20-13-1-3-14(4-2-13)27-15-5-6-16(17(21)9-15)19(25-7-8-26-19)11-24-12-23-10-18(24)22/h1-6,9-10,12H,7-8,11H2. The molecule has 2 heterocycles. The molecule has 27 heavy (non-hydrogen) atoms. The minimum absolute atomic E-state index is 0.336. The van der Waals surface area contributed by atoms with E-state index in [-0.39, 0.29) is 0 Å². The first-order valence-electron chi connectivity index (χ1n) is 8.23. The van der Waals surface area contributed by atoms with Crippen LogP contribution >= 0.6 is 34.8 Å². The Hall–Kier alpha value is -1.76. The molecule has 1 aromatic heterocycles. The molecule has 0 atom stereocenters. The molecule has 4 rings (SSSR count). The molecule has 0 bridgehead atoms. The zero-order chi connectivity index (χ0) is 18.9. The monoisotopic (exact) mass is 424 g/mol. The molecule has 2 aromatic carbocycles. The van der Waals surface area contributed by atoms with Gasteiger partial charge in [-0.2, -0.15) is 0 Å². The lowest BCUT2D eigenvalue weighted by Crippen LogP contribution is -2.33. The van der Waals surface area contributed by atoms with Crippen molar-refractivity contribution in [1.29, 1.82) is 0 Å². The Balaban J connectivity index is 1.61. The van der Waals surface area contributed by atoms with Crippen LogP contribution in [-0.2, 0) is 21.8 Å². The maximum atomic E-state index is 6.55. The summed E-state index contributed by atoms with van der Waals surface area (Å²) >= 11 is 18.6. The van der Waals surface area contributed by atoms with Crippen molar-refractivity contribution in [3.63, 3.8) is 0 Å². The summed E-state index contributed by atoms with van der Waals surface area (Å²) in [5.74, 6) is 0.233. The number of ether oxygens (including phenoxy) is 3. The SMILES string of the molecule is Clc1ccc(Oc2ccc(C3(Cn4cncc4Cl)OCCO3)c(Cl)c2)cc1. The van der Waals surface area contributed by atoms with Crippen LogP contribution in [0.3, 0.4) is 0 Å². The normalized spacial score (nSPS) is 15.8. The molecule has 0 aliphatic carbocycles. The van der Waals surface area contributed by atoms with Crippen molar-refractivity contribution in [3.05, 3.63) is 75.8 Å². The van der Waals surface area contributed by atoms with Crippen molar-refractivity contribution in [3.8, 4) is 11.5 Å². The second kappa shape index (κ2) is 7.70. The molecule has 0 N–H and O–H groups in total. The molecule has 1 aliphatic rings. The van der Waals surface area contributed by atoms with Crippen LogP contribution in [0.5, 0.6) is 11.5 Å². The van der Waals surface area contributed by atoms with Crippen molar-refractivity contribution < 1.29 is 14.2 Å². The Kier molecular flexibility index (Phi) is 5.30. The zero-order valence-corrected chi connectivity index (χ0v) is 16.3. The fraction of sp³-hybridized carbons (Fsp3) is 0.211. The average molecular weight is 426 g/mol. The maximum absolute atomic E-state index is 6.55. The van der Waals surface area contributed by atoms with Gasteiger partial charge in [-0.3, -0.25) is 0 Å². The van der Waals surface area contributed by atoms with Crippen LogP contribution in [0.15, 0.2) is 55.0 Å². The number of halogens is 3. The van der Waals surface area contributed by atoms with Gasteiger partial charge < -0.3 is 18.8 Å². The number of nitrogens with zero attached hydrogens (tertiary/aromatic N) is 2. The third-order valence-electron chi connectivity index (χ3n) is 4.19. The van der Waals surface area contributed by atoms with Gasteiger partial charge in [-0.1, -0.05) is 34.8 Å². The number of imidazole rings is 1. The van der Waals surface area contributed by atoms with E-state index in [1.54, 1.807) is 47.4 Å². The molecule has 1 saturated heterocycles. The minimum Gasteiger partial charge on any atom is -0.457 e. The van der Waals surface area contributed by atoms with E-state index in [0.717, 1.165) is 0 Å². The topological polar surface area (TPSA) is 45.5 Å². The Bertz CT molecular complexity index is 938. The van der Waals surface area contributed by atoms with Crippen LogP contribution in [0, 0.1) is 0 Å². The fourth-order valence-corrected chi connectivity index (χ4v) is 3.54. The van der Waals surface area contributed by atoms with Crippen LogP contribution in [-0.4, -0.2) is 22.8 Å². The highest BCUT2D eigenvalue weighted by molar-refractivity contribution is 6.31. The van der Waals surface area contributed by atoms with Gasteiger partial charge in [0.15, 0.2) is 0 Å². The summed E-state index contributed by atoms with van der Waals surface area (Å²) in [5.41, 5.74) is 0.704. The lowest BCUT2D eigenvalue weighted by molar-refractivity contribution is -0.176. The zero-order valence-electron chi connectivity index (χ0n) is 14.1. The third-order valence-corrected chi connectivity index (χ3v) is 5.07. The first-order valence-corrected chi connectivity index (χ1v) is 9.36. The molecule has 0 radical (unpaired) electrons. The highest BCUT2D eigenvalue weighted by atomic mass is 35.5. The molecule has 140 valence electrons. The number of aromatic nitrogens is 2. The Morgan fingerprint density at radius 2 is 1.70 bits per heavy atom. The quantitative estimate of drug-likeness (QED) is 0.539. The van der Waals surface area contributed by atoms with Crippen molar-refractivity contribution in [2.45, 2.75) is 12.3 Å². The van der Waals surface area contributed by atoms with Crippen molar-refractivity contribution >= 4 is 34.8 Å². The van der Waals surface area contributed by atoms with Crippen LogP contribution in [0.2, 0.25) is 15.2 Å². The largest absolute Gasteiger partial charge is 0.457 e. The van der Waals surface area contributed by atoms with Gasteiger partial charge in [0.1, 0.15) is 16.7 Å². The summed E-state index contributed by atoms with van der Waals surface area (Å²) in [5, 5.41) is 1.61. The minimum atomic E-state index is -1.03. The Morgan fingerprint density at radius 1 is 1.00 bits per heavy atom. The highest BCUT2D eigenvalue weighted by Gasteiger charge is 2.41. The summed E-state index contributed by atoms with van der Waals surface area (Å²) in [4.78, 5) is 4.04. The lowest BCUT2D eigenvalue weighted by Gasteiger charge is -2.29. The Morgan fingerprint density at radius 3 is 2.33 bits per heavy atom. The molecule has 8 heteroatoms. The lowest BCUT2D eigenvalue weighted by atomic mass is 10.1. The van der Waals surface area contributed by atoms with Gasteiger partial charge >= 0.3 is 0 Å². The summed E-state index contributed by atoms with van der Waals surface area (Å²) < 4.78 is 19.5. The van der Waals surface area contributed by atoms with Gasteiger partial charge in [-0.05, 0) is 42.5 Å². The highest BCUT2D eigenvalue weighted by Crippen LogP contribution is 2.40. The number of hydrogen-bond acceptors (Lipinski definition) is 4. The summed E-state index contributed by atoms with van der Waals surface area (Å²) in [6, 6.07) is 12.5. The molecule has 1 aliphatic heterocycles. The number of hydrogen-bond donors (Lipinski definition) is 0. The van der Waals surface area contributed by atoms with Crippen LogP contribution in [0.1, 0.15) is 5.56 Å². The van der Waals surface area contributed by atoms with E-state index < -0.39 is 5.79 Å². The van der Waals surface area contributed by atoms with Gasteiger partial charge in [-0.25, -0.2) is 4.98 Å². The van der Waals surface area contributed by atoms with Gasteiger partial charge in [0.2, 0.25) is 5.79 Å². The van der Waals surface area contributed by atoms with Crippen molar-refractivity contribution in [2.75, 3.05) is 13.2 Å². The molecule has 5 nitrogen and oxygen atoms in total. The van der Waals surface area contributed by atoms with Gasteiger partial charge in [0.05, 0.1) is 37.3 Å². The van der Waals surface area contributed by atoms with E-state index in [4.69, 9.17) is 49.0 Å². The third kappa shape index (κ3) is 3.93. The molecule has 0 spiro atoms. The average Bonchev–Trinajstić information content (AvgIpc) is 3.28. The molecule has 1 fully saturated rings. The van der Waals surface area contributed by atoms with Crippen molar-refractivity contribution in [2.24, 2.45) is 0 Å². The summed E-state index contributed by atoms with van der Waals surface area (Å²) in [7, 11) is 0. The van der Waals surface area contributed by atoms with E-state index >= 15 is 0 Å². The molecular weight excluding hydrogens is 411 g/mol. The maximum Gasteiger partial charge on any atom is 0.215 e. The predicted molar refractivity (Wildman–Crippen MR) is 104 cm³/mol. The van der Waals surface area contributed by atoms with Crippen molar-refractivity contribution in [1.82, 2.24) is 9.55 Å². The van der Waals surface area contributed by atoms with Crippen LogP contribution < -0.4 is 4.74 Å². The van der Waals surface area contributed by atoms with Crippen LogP contribution in [0.25, 0.3) is 0 Å². The first-order chi connectivity index (χ1) is 13.1. The molecule has 3 aromatic rings. The summed E-state index contributed by atoms with van der Waals surface area (Å²) in [6.45, 7) is 1.26. The molecule has 0 amide bonds. The smallest absolute Gasteiger partial charge is 0.215 e. The van der Waals surface area contributed by atoms with Gasteiger partial charge in [0, 0.05) is 10.6 Å². The van der Waals surface area contributed by atoms with E-state index in [1.807, 2.05) is 12.1 Å². The van der Waals surface area contributed by atoms with E-state index in [0.29, 0.717) is 52.0 Å².